The number of aromatic nitrogens is 2. The number of nitrogens with zero attached hydrogens (tertiary/aromatic N) is 1. The van der Waals surface area contributed by atoms with E-state index in [0.29, 0.717) is 0 Å². The molecule has 0 radical (unpaired) electrons. The average molecular weight is 252 g/mol. The fourth-order valence-electron chi connectivity index (χ4n) is 1.15. The smallest absolute Gasteiger partial charge is 0.0922 e. The van der Waals surface area contributed by atoms with Gasteiger partial charge in [0.15, 0.2) is 0 Å². The standard InChI is InChI=1S/C10H10BrN3/c11-8-1-3-9(4-2-8)13-6-10-5-12-7-14-10/h1-5,7,13H,6H2,(H,12,14). The Morgan fingerprint density at radius 1 is 1.29 bits per heavy atom. The first kappa shape index (κ1) is 9.27. The lowest BCUT2D eigenvalue weighted by Gasteiger charge is -2.03. The summed E-state index contributed by atoms with van der Waals surface area (Å²) in [5.74, 6) is 0. The monoisotopic (exact) mass is 251 g/mol. The highest BCUT2D eigenvalue weighted by atomic mass is 79.9. The molecule has 0 saturated heterocycles. The lowest BCUT2D eigenvalue weighted by molar-refractivity contribution is 1.07. The summed E-state index contributed by atoms with van der Waals surface area (Å²) in [5, 5.41) is 3.28. The maximum Gasteiger partial charge on any atom is 0.0922 e. The molecule has 0 spiro atoms. The van der Waals surface area contributed by atoms with Gasteiger partial charge in [-0.25, -0.2) is 4.98 Å². The molecule has 0 atom stereocenters. The maximum absolute atomic E-state index is 3.95. The highest BCUT2D eigenvalue weighted by molar-refractivity contribution is 9.10. The lowest BCUT2D eigenvalue weighted by Crippen LogP contribution is -1.98. The molecule has 0 aliphatic heterocycles. The summed E-state index contributed by atoms with van der Waals surface area (Å²) in [6, 6.07) is 8.07. The van der Waals surface area contributed by atoms with Crippen LogP contribution in [-0.4, -0.2) is 9.97 Å². The minimum Gasteiger partial charge on any atom is -0.379 e. The predicted octanol–water partition coefficient (Wildman–Crippen LogP) is 2.78. The minimum absolute atomic E-state index is 0.766. The van der Waals surface area contributed by atoms with Crippen LogP contribution < -0.4 is 5.32 Å². The minimum atomic E-state index is 0.766. The third kappa shape index (κ3) is 2.35. The van der Waals surface area contributed by atoms with Gasteiger partial charge in [-0.15, -0.1) is 0 Å². The van der Waals surface area contributed by atoms with Crippen molar-refractivity contribution in [2.45, 2.75) is 6.54 Å². The molecule has 0 bridgehead atoms. The maximum atomic E-state index is 3.95. The molecule has 0 saturated carbocycles. The van der Waals surface area contributed by atoms with E-state index in [4.69, 9.17) is 0 Å². The molecule has 4 heteroatoms. The molecule has 0 fully saturated rings. The normalized spacial score (nSPS) is 10.1. The van der Waals surface area contributed by atoms with Gasteiger partial charge >= 0.3 is 0 Å². The summed E-state index contributed by atoms with van der Waals surface area (Å²) < 4.78 is 1.09. The van der Waals surface area contributed by atoms with Gasteiger partial charge in [0.1, 0.15) is 0 Å². The Balaban J connectivity index is 1.95. The quantitative estimate of drug-likeness (QED) is 0.881. The summed E-state index contributed by atoms with van der Waals surface area (Å²) in [6.07, 6.45) is 3.49. The second kappa shape index (κ2) is 4.28. The Morgan fingerprint density at radius 2 is 2.07 bits per heavy atom. The Morgan fingerprint density at radius 3 is 2.71 bits per heavy atom. The Hall–Kier alpha value is -1.29. The summed E-state index contributed by atoms with van der Waals surface area (Å²) in [7, 11) is 0. The van der Waals surface area contributed by atoms with Crippen molar-refractivity contribution in [3.05, 3.63) is 47.0 Å². The molecule has 1 heterocycles. The number of H-pyrrole nitrogens is 1. The topological polar surface area (TPSA) is 40.7 Å². The molecule has 72 valence electrons. The van der Waals surface area contributed by atoms with Crippen molar-refractivity contribution < 1.29 is 0 Å². The molecule has 1 aromatic heterocycles. The van der Waals surface area contributed by atoms with Gasteiger partial charge in [0.05, 0.1) is 18.6 Å². The summed E-state index contributed by atoms with van der Waals surface area (Å²) >= 11 is 3.39. The van der Waals surface area contributed by atoms with Crippen LogP contribution in [0.15, 0.2) is 41.3 Å². The molecule has 0 amide bonds. The van der Waals surface area contributed by atoms with Crippen LogP contribution in [0.1, 0.15) is 5.69 Å². The number of nitrogens with one attached hydrogen (secondary N) is 2. The van der Waals surface area contributed by atoms with Gasteiger partial charge in [-0.3, -0.25) is 0 Å². The number of benzene rings is 1. The molecule has 2 aromatic rings. The second-order valence-electron chi connectivity index (χ2n) is 2.94. The van der Waals surface area contributed by atoms with Crippen LogP contribution in [0.4, 0.5) is 5.69 Å². The zero-order valence-corrected chi connectivity index (χ0v) is 9.08. The van der Waals surface area contributed by atoms with E-state index in [9.17, 15) is 0 Å². The summed E-state index contributed by atoms with van der Waals surface area (Å²) in [5.41, 5.74) is 2.18. The number of rotatable bonds is 3. The third-order valence-electron chi connectivity index (χ3n) is 1.88. The molecular formula is C10H10BrN3. The fraction of sp³-hybridized carbons (Fsp3) is 0.100. The first-order valence-corrected chi connectivity index (χ1v) is 5.10. The van der Waals surface area contributed by atoms with Gasteiger partial charge in [0.25, 0.3) is 0 Å². The van der Waals surface area contributed by atoms with E-state index in [0.717, 1.165) is 22.4 Å². The fourth-order valence-corrected chi connectivity index (χ4v) is 1.41. The molecule has 0 aliphatic rings. The van der Waals surface area contributed by atoms with Crippen LogP contribution >= 0.6 is 15.9 Å². The van der Waals surface area contributed by atoms with E-state index in [2.05, 4.69) is 31.2 Å². The third-order valence-corrected chi connectivity index (χ3v) is 2.41. The largest absolute Gasteiger partial charge is 0.379 e. The SMILES string of the molecule is Brc1ccc(NCc2cnc[nH]2)cc1. The van der Waals surface area contributed by atoms with E-state index >= 15 is 0 Å². The van der Waals surface area contributed by atoms with Crippen LogP contribution in [0.2, 0.25) is 0 Å². The van der Waals surface area contributed by atoms with E-state index in [1.54, 1.807) is 6.33 Å². The Kier molecular flexibility index (Phi) is 2.84. The van der Waals surface area contributed by atoms with Crippen molar-refractivity contribution >= 4 is 21.6 Å². The molecule has 0 aliphatic carbocycles. The van der Waals surface area contributed by atoms with Gasteiger partial charge < -0.3 is 10.3 Å². The zero-order chi connectivity index (χ0) is 9.80. The number of imidazole rings is 1. The second-order valence-corrected chi connectivity index (χ2v) is 3.85. The Bertz CT molecular complexity index is 380. The van der Waals surface area contributed by atoms with Crippen LogP contribution in [0, 0.1) is 0 Å². The molecular weight excluding hydrogens is 242 g/mol. The summed E-state index contributed by atoms with van der Waals surface area (Å²) in [4.78, 5) is 6.98. The van der Waals surface area contributed by atoms with Gasteiger partial charge in [-0.2, -0.15) is 0 Å². The van der Waals surface area contributed by atoms with Gasteiger partial charge in [0, 0.05) is 16.4 Å². The lowest BCUT2D eigenvalue weighted by atomic mass is 10.3. The van der Waals surface area contributed by atoms with Gasteiger partial charge in [-0.1, -0.05) is 15.9 Å². The van der Waals surface area contributed by atoms with E-state index < -0.39 is 0 Å². The number of hydrogen-bond donors (Lipinski definition) is 2. The van der Waals surface area contributed by atoms with Crippen molar-refractivity contribution in [1.29, 1.82) is 0 Å². The predicted molar refractivity (Wildman–Crippen MR) is 60.1 cm³/mol. The average Bonchev–Trinajstić information content (AvgIpc) is 2.70. The molecule has 3 nitrogen and oxygen atoms in total. The zero-order valence-electron chi connectivity index (χ0n) is 7.50. The molecule has 14 heavy (non-hydrogen) atoms. The van der Waals surface area contributed by atoms with Crippen LogP contribution in [0.25, 0.3) is 0 Å². The molecule has 2 rings (SSSR count). The van der Waals surface area contributed by atoms with Crippen molar-refractivity contribution in [2.75, 3.05) is 5.32 Å². The molecule has 1 aromatic carbocycles. The number of halogens is 1. The van der Waals surface area contributed by atoms with Crippen LogP contribution in [0.3, 0.4) is 0 Å². The first-order valence-electron chi connectivity index (χ1n) is 4.31. The number of aromatic amines is 1. The van der Waals surface area contributed by atoms with Gasteiger partial charge in [-0.05, 0) is 24.3 Å². The highest BCUT2D eigenvalue weighted by Crippen LogP contribution is 2.14. The van der Waals surface area contributed by atoms with E-state index in [-0.39, 0.29) is 0 Å². The summed E-state index contributed by atoms with van der Waals surface area (Å²) in [6.45, 7) is 0.766. The number of hydrogen-bond acceptors (Lipinski definition) is 2. The van der Waals surface area contributed by atoms with E-state index in [1.165, 1.54) is 0 Å². The highest BCUT2D eigenvalue weighted by Gasteiger charge is 1.94. The first-order chi connectivity index (χ1) is 6.84. The van der Waals surface area contributed by atoms with Crippen LogP contribution in [-0.2, 0) is 6.54 Å². The van der Waals surface area contributed by atoms with Crippen molar-refractivity contribution in [3.63, 3.8) is 0 Å². The molecule has 0 unspecified atom stereocenters. The van der Waals surface area contributed by atoms with Gasteiger partial charge in [0.2, 0.25) is 0 Å². The van der Waals surface area contributed by atoms with Crippen LogP contribution in [0.5, 0.6) is 0 Å². The molecule has 2 N–H and O–H groups in total. The Labute approximate surface area is 90.7 Å². The van der Waals surface area contributed by atoms with Crippen molar-refractivity contribution in [2.24, 2.45) is 0 Å². The van der Waals surface area contributed by atoms with Crippen molar-refractivity contribution in [3.8, 4) is 0 Å². The number of anilines is 1. The van der Waals surface area contributed by atoms with Crippen molar-refractivity contribution in [1.82, 2.24) is 9.97 Å². The van der Waals surface area contributed by atoms with E-state index in [1.807, 2.05) is 30.5 Å².